The number of nitrogens with zero attached hydrogens (tertiary/aromatic N) is 3. The molecule has 7 heteroatoms. The summed E-state index contributed by atoms with van der Waals surface area (Å²) in [6.07, 6.45) is 0. The molecule has 1 aromatic heterocycles. The molecule has 0 amide bonds. The molecular formula is C13H19N7. The zero-order valence-electron chi connectivity index (χ0n) is 12.1. The summed E-state index contributed by atoms with van der Waals surface area (Å²) in [5.41, 5.74) is 3.17. The molecule has 106 valence electrons. The Kier molecular flexibility index (Phi) is 4.19. The highest BCUT2D eigenvalue weighted by molar-refractivity contribution is 5.63. The van der Waals surface area contributed by atoms with Crippen LogP contribution in [-0.2, 0) is 0 Å². The fourth-order valence-corrected chi connectivity index (χ4v) is 1.81. The third-order valence-electron chi connectivity index (χ3n) is 2.83. The van der Waals surface area contributed by atoms with Crippen LogP contribution < -0.4 is 21.3 Å². The van der Waals surface area contributed by atoms with Crippen molar-refractivity contribution >= 4 is 29.2 Å². The van der Waals surface area contributed by atoms with Gasteiger partial charge in [0.2, 0.25) is 17.8 Å². The Labute approximate surface area is 118 Å². The van der Waals surface area contributed by atoms with Gasteiger partial charge < -0.3 is 21.3 Å². The van der Waals surface area contributed by atoms with Crippen LogP contribution in [0.1, 0.15) is 5.56 Å². The topological polar surface area (TPSA) is 86.8 Å². The third kappa shape index (κ3) is 3.05. The van der Waals surface area contributed by atoms with Gasteiger partial charge in [-0.25, -0.2) is 0 Å². The van der Waals surface area contributed by atoms with Gasteiger partial charge in [0.05, 0.1) is 0 Å². The van der Waals surface area contributed by atoms with Crippen LogP contribution in [0.5, 0.6) is 0 Å². The zero-order valence-corrected chi connectivity index (χ0v) is 12.1. The molecule has 0 aliphatic heterocycles. The highest BCUT2D eigenvalue weighted by Crippen LogP contribution is 2.21. The summed E-state index contributed by atoms with van der Waals surface area (Å²) in [5, 5.41) is 12.1. The van der Waals surface area contributed by atoms with Crippen molar-refractivity contribution in [2.75, 3.05) is 42.4 Å². The van der Waals surface area contributed by atoms with E-state index in [0.717, 1.165) is 16.9 Å². The maximum atomic E-state index is 4.27. The monoisotopic (exact) mass is 273 g/mol. The number of rotatable bonds is 5. The van der Waals surface area contributed by atoms with Gasteiger partial charge in [-0.15, -0.1) is 0 Å². The SMILES string of the molecule is CNc1nc(NC)nc(Nc2ccc(NC)c(C)c2)n1. The summed E-state index contributed by atoms with van der Waals surface area (Å²) in [7, 11) is 5.44. The van der Waals surface area contributed by atoms with Crippen molar-refractivity contribution in [3.05, 3.63) is 23.8 Å². The maximum Gasteiger partial charge on any atom is 0.233 e. The second-order valence-corrected chi connectivity index (χ2v) is 4.21. The lowest BCUT2D eigenvalue weighted by atomic mass is 10.2. The molecule has 2 rings (SSSR count). The van der Waals surface area contributed by atoms with Gasteiger partial charge in [-0.05, 0) is 30.7 Å². The Bertz CT molecular complexity index is 575. The number of aryl methyl sites for hydroxylation is 1. The van der Waals surface area contributed by atoms with Crippen molar-refractivity contribution in [3.8, 4) is 0 Å². The van der Waals surface area contributed by atoms with Crippen molar-refractivity contribution in [2.45, 2.75) is 6.92 Å². The van der Waals surface area contributed by atoms with E-state index in [1.54, 1.807) is 14.1 Å². The molecule has 7 nitrogen and oxygen atoms in total. The van der Waals surface area contributed by atoms with Gasteiger partial charge in [-0.1, -0.05) is 0 Å². The third-order valence-corrected chi connectivity index (χ3v) is 2.83. The standard InChI is InChI=1S/C13H19N7/c1-8-7-9(5-6-10(8)14-2)17-13-19-11(15-3)18-12(16-4)20-13/h5-7,14H,1-4H3,(H3,15,16,17,18,19,20). The first kappa shape index (κ1) is 13.9. The minimum atomic E-state index is 0.491. The molecule has 1 aromatic carbocycles. The number of hydrogen-bond donors (Lipinski definition) is 4. The van der Waals surface area contributed by atoms with Crippen LogP contribution in [0.15, 0.2) is 18.2 Å². The molecule has 0 aliphatic rings. The Hall–Kier alpha value is -2.57. The molecule has 0 saturated carbocycles. The normalized spacial score (nSPS) is 10.0. The highest BCUT2D eigenvalue weighted by Gasteiger charge is 2.05. The number of benzene rings is 1. The van der Waals surface area contributed by atoms with E-state index in [1.807, 2.05) is 32.2 Å². The Balaban J connectivity index is 2.27. The lowest BCUT2D eigenvalue weighted by Crippen LogP contribution is -2.07. The van der Waals surface area contributed by atoms with Gasteiger partial charge in [0.1, 0.15) is 0 Å². The van der Waals surface area contributed by atoms with Gasteiger partial charge in [0.15, 0.2) is 0 Å². The predicted octanol–water partition coefficient (Wildman–Crippen LogP) is 2.05. The van der Waals surface area contributed by atoms with Gasteiger partial charge in [0.25, 0.3) is 0 Å². The molecule has 0 aliphatic carbocycles. The smallest absolute Gasteiger partial charge is 0.233 e. The number of nitrogens with one attached hydrogen (secondary N) is 4. The molecule has 0 fully saturated rings. The van der Waals surface area contributed by atoms with Gasteiger partial charge in [-0.3, -0.25) is 0 Å². The van der Waals surface area contributed by atoms with Crippen LogP contribution in [0.25, 0.3) is 0 Å². The van der Waals surface area contributed by atoms with Crippen LogP contribution in [0.4, 0.5) is 29.2 Å². The molecule has 0 saturated heterocycles. The average Bonchev–Trinajstić information content (AvgIpc) is 2.47. The Morgan fingerprint density at radius 3 is 1.90 bits per heavy atom. The minimum Gasteiger partial charge on any atom is -0.388 e. The van der Waals surface area contributed by atoms with Gasteiger partial charge in [-0.2, -0.15) is 15.0 Å². The number of hydrogen-bond acceptors (Lipinski definition) is 7. The molecule has 0 spiro atoms. The van der Waals surface area contributed by atoms with E-state index in [2.05, 4.69) is 36.2 Å². The van der Waals surface area contributed by atoms with Gasteiger partial charge >= 0.3 is 0 Å². The van der Waals surface area contributed by atoms with E-state index in [1.165, 1.54) is 0 Å². The average molecular weight is 273 g/mol. The molecule has 0 atom stereocenters. The summed E-state index contributed by atoms with van der Waals surface area (Å²) in [6, 6.07) is 6.02. The van der Waals surface area contributed by atoms with E-state index in [4.69, 9.17) is 0 Å². The molecule has 0 bridgehead atoms. The molecule has 2 aromatic rings. The summed E-state index contributed by atoms with van der Waals surface area (Å²) >= 11 is 0. The van der Waals surface area contributed by atoms with E-state index >= 15 is 0 Å². The molecule has 0 radical (unpaired) electrons. The molecule has 0 unspecified atom stereocenters. The van der Waals surface area contributed by atoms with Crippen LogP contribution >= 0.6 is 0 Å². The molecule has 4 N–H and O–H groups in total. The maximum absolute atomic E-state index is 4.27. The molecule has 20 heavy (non-hydrogen) atoms. The minimum absolute atomic E-state index is 0.491. The summed E-state index contributed by atoms with van der Waals surface area (Å²) in [5.74, 6) is 1.51. The second kappa shape index (κ2) is 6.05. The Morgan fingerprint density at radius 2 is 1.40 bits per heavy atom. The Morgan fingerprint density at radius 1 is 0.800 bits per heavy atom. The van der Waals surface area contributed by atoms with Crippen molar-refractivity contribution in [2.24, 2.45) is 0 Å². The first-order chi connectivity index (χ1) is 9.66. The second-order valence-electron chi connectivity index (χ2n) is 4.21. The quantitative estimate of drug-likeness (QED) is 0.663. The van der Waals surface area contributed by atoms with E-state index in [9.17, 15) is 0 Å². The van der Waals surface area contributed by atoms with Crippen LogP contribution in [0.3, 0.4) is 0 Å². The van der Waals surface area contributed by atoms with E-state index < -0.39 is 0 Å². The zero-order chi connectivity index (χ0) is 14.5. The van der Waals surface area contributed by atoms with Crippen molar-refractivity contribution in [1.82, 2.24) is 15.0 Å². The molecule has 1 heterocycles. The number of anilines is 5. The summed E-state index contributed by atoms with van der Waals surface area (Å²) in [4.78, 5) is 12.7. The summed E-state index contributed by atoms with van der Waals surface area (Å²) in [6.45, 7) is 2.04. The predicted molar refractivity (Wildman–Crippen MR) is 82.9 cm³/mol. The highest BCUT2D eigenvalue weighted by atomic mass is 15.3. The lowest BCUT2D eigenvalue weighted by molar-refractivity contribution is 1.05. The lowest BCUT2D eigenvalue weighted by Gasteiger charge is -2.10. The first-order valence-electron chi connectivity index (χ1n) is 6.33. The summed E-state index contributed by atoms with van der Waals surface area (Å²) < 4.78 is 0. The largest absolute Gasteiger partial charge is 0.388 e. The van der Waals surface area contributed by atoms with Crippen LogP contribution in [0.2, 0.25) is 0 Å². The van der Waals surface area contributed by atoms with E-state index in [-0.39, 0.29) is 0 Å². The van der Waals surface area contributed by atoms with Crippen LogP contribution in [0, 0.1) is 6.92 Å². The van der Waals surface area contributed by atoms with E-state index in [0.29, 0.717) is 17.8 Å². The first-order valence-corrected chi connectivity index (χ1v) is 6.33. The number of aromatic nitrogens is 3. The fourth-order valence-electron chi connectivity index (χ4n) is 1.81. The van der Waals surface area contributed by atoms with Gasteiger partial charge in [0, 0.05) is 32.5 Å². The molecular weight excluding hydrogens is 254 g/mol. The van der Waals surface area contributed by atoms with Crippen molar-refractivity contribution < 1.29 is 0 Å². The van der Waals surface area contributed by atoms with Crippen molar-refractivity contribution in [1.29, 1.82) is 0 Å². The van der Waals surface area contributed by atoms with Crippen molar-refractivity contribution in [3.63, 3.8) is 0 Å². The van der Waals surface area contributed by atoms with Crippen LogP contribution in [-0.4, -0.2) is 36.1 Å². The fraction of sp³-hybridized carbons (Fsp3) is 0.308.